The molecule has 0 aliphatic carbocycles. The zero-order valence-electron chi connectivity index (χ0n) is 16.6. The van der Waals surface area contributed by atoms with Crippen LogP contribution in [-0.2, 0) is 26.2 Å². The summed E-state index contributed by atoms with van der Waals surface area (Å²) in [6.45, 7) is 1.83. The van der Waals surface area contributed by atoms with Gasteiger partial charge >= 0.3 is 0 Å². The van der Waals surface area contributed by atoms with Crippen LogP contribution < -0.4 is 14.9 Å². The first-order valence-corrected chi connectivity index (χ1v) is 11.3. The zero-order chi connectivity index (χ0) is 22.8. The SMILES string of the molecule is CCNS(=O)(=O)c1ccc(N2CC[C@](O)(C(=O)NCc3cc(F)cc(Cl)c3)C2=O)cc1. The molecular weight excluding hydrogens is 449 g/mol. The normalized spacial score (nSPS) is 19.0. The molecule has 3 N–H and O–H groups in total. The monoisotopic (exact) mass is 469 g/mol. The molecule has 0 unspecified atom stereocenters. The van der Waals surface area contributed by atoms with Gasteiger partial charge in [0.2, 0.25) is 15.6 Å². The van der Waals surface area contributed by atoms with E-state index in [2.05, 4.69) is 10.0 Å². The van der Waals surface area contributed by atoms with Crippen LogP contribution >= 0.6 is 11.6 Å². The van der Waals surface area contributed by atoms with Crippen molar-refractivity contribution in [2.75, 3.05) is 18.0 Å². The number of sulfonamides is 1. The third kappa shape index (κ3) is 4.87. The number of nitrogens with zero attached hydrogens (tertiary/aromatic N) is 1. The van der Waals surface area contributed by atoms with Crippen LogP contribution in [0.15, 0.2) is 47.4 Å². The van der Waals surface area contributed by atoms with Gasteiger partial charge in [0.25, 0.3) is 11.8 Å². The second kappa shape index (κ2) is 8.91. The van der Waals surface area contributed by atoms with Crippen molar-refractivity contribution in [3.05, 3.63) is 58.9 Å². The van der Waals surface area contributed by atoms with Gasteiger partial charge in [-0.1, -0.05) is 18.5 Å². The number of carbonyl (C=O) groups excluding carboxylic acids is 2. The maximum absolute atomic E-state index is 13.4. The van der Waals surface area contributed by atoms with E-state index in [4.69, 9.17) is 11.6 Å². The average Bonchev–Trinajstić information content (AvgIpc) is 3.01. The number of halogens is 2. The number of nitrogens with one attached hydrogen (secondary N) is 2. The number of hydrogen-bond donors (Lipinski definition) is 3. The Morgan fingerprint density at radius 1 is 1.26 bits per heavy atom. The fourth-order valence-electron chi connectivity index (χ4n) is 3.28. The lowest BCUT2D eigenvalue weighted by Crippen LogP contribution is -2.52. The molecule has 0 aromatic heterocycles. The molecule has 1 aliphatic heterocycles. The first-order chi connectivity index (χ1) is 14.6. The summed E-state index contributed by atoms with van der Waals surface area (Å²) in [6, 6.07) is 9.30. The van der Waals surface area contributed by atoms with Crippen molar-refractivity contribution < 1.29 is 27.5 Å². The second-order valence-electron chi connectivity index (χ2n) is 7.02. The molecule has 1 atom stereocenters. The summed E-state index contributed by atoms with van der Waals surface area (Å²) in [4.78, 5) is 26.6. The summed E-state index contributed by atoms with van der Waals surface area (Å²) in [5, 5.41) is 13.3. The van der Waals surface area contributed by atoms with Crippen molar-refractivity contribution in [2.24, 2.45) is 0 Å². The average molecular weight is 470 g/mol. The molecule has 0 saturated carbocycles. The van der Waals surface area contributed by atoms with E-state index in [9.17, 15) is 27.5 Å². The van der Waals surface area contributed by atoms with Crippen LogP contribution in [0.3, 0.4) is 0 Å². The Morgan fingerprint density at radius 3 is 2.55 bits per heavy atom. The Morgan fingerprint density at radius 2 is 1.94 bits per heavy atom. The van der Waals surface area contributed by atoms with E-state index in [-0.39, 0.29) is 36.0 Å². The van der Waals surface area contributed by atoms with Gasteiger partial charge in [-0.25, -0.2) is 17.5 Å². The highest BCUT2D eigenvalue weighted by atomic mass is 35.5. The summed E-state index contributed by atoms with van der Waals surface area (Å²) in [5.41, 5.74) is -1.56. The molecule has 1 aliphatic rings. The van der Waals surface area contributed by atoms with Gasteiger partial charge in [0.05, 0.1) is 4.90 Å². The van der Waals surface area contributed by atoms with Crippen LogP contribution in [0.4, 0.5) is 10.1 Å². The Bertz CT molecular complexity index is 1090. The first kappa shape index (κ1) is 23.1. The van der Waals surface area contributed by atoms with Gasteiger partial charge in [0.15, 0.2) is 0 Å². The first-order valence-electron chi connectivity index (χ1n) is 9.44. The lowest BCUT2D eigenvalue weighted by molar-refractivity contribution is -0.149. The summed E-state index contributed by atoms with van der Waals surface area (Å²) >= 11 is 5.78. The molecule has 31 heavy (non-hydrogen) atoms. The van der Waals surface area contributed by atoms with E-state index < -0.39 is 33.3 Å². The van der Waals surface area contributed by atoms with Gasteiger partial charge < -0.3 is 15.3 Å². The molecule has 3 rings (SSSR count). The molecule has 11 heteroatoms. The van der Waals surface area contributed by atoms with Crippen LogP contribution in [0, 0.1) is 5.82 Å². The molecular formula is C20H21ClFN3O5S. The topological polar surface area (TPSA) is 116 Å². The molecule has 2 aromatic carbocycles. The van der Waals surface area contributed by atoms with E-state index in [1.165, 1.54) is 41.3 Å². The van der Waals surface area contributed by atoms with E-state index in [1.54, 1.807) is 6.92 Å². The Kier molecular flexibility index (Phi) is 6.65. The number of hydrogen-bond acceptors (Lipinski definition) is 5. The summed E-state index contributed by atoms with van der Waals surface area (Å²) in [6.07, 6.45) is -0.154. The number of rotatable bonds is 7. The van der Waals surface area contributed by atoms with Crippen molar-refractivity contribution >= 4 is 39.1 Å². The zero-order valence-corrected chi connectivity index (χ0v) is 18.1. The Labute approximate surface area is 184 Å². The highest BCUT2D eigenvalue weighted by Gasteiger charge is 2.51. The van der Waals surface area contributed by atoms with Gasteiger partial charge in [-0.15, -0.1) is 0 Å². The molecule has 0 bridgehead atoms. The molecule has 0 spiro atoms. The van der Waals surface area contributed by atoms with Gasteiger partial charge in [-0.2, -0.15) is 0 Å². The lowest BCUT2D eigenvalue weighted by atomic mass is 10.0. The van der Waals surface area contributed by atoms with Gasteiger partial charge in [-0.3, -0.25) is 9.59 Å². The van der Waals surface area contributed by atoms with Crippen molar-refractivity contribution in [1.82, 2.24) is 10.0 Å². The number of carbonyl (C=O) groups is 2. The number of benzene rings is 2. The number of amides is 2. The van der Waals surface area contributed by atoms with Crippen LogP contribution in [-0.4, -0.2) is 44.0 Å². The van der Waals surface area contributed by atoms with Crippen molar-refractivity contribution in [3.63, 3.8) is 0 Å². The number of anilines is 1. The molecule has 0 radical (unpaired) electrons. The van der Waals surface area contributed by atoms with Crippen LogP contribution in [0.5, 0.6) is 0 Å². The summed E-state index contributed by atoms with van der Waals surface area (Å²) in [7, 11) is -3.64. The molecule has 1 saturated heterocycles. The van der Waals surface area contributed by atoms with Gasteiger partial charge in [0, 0.05) is 36.8 Å². The van der Waals surface area contributed by atoms with Crippen molar-refractivity contribution in [1.29, 1.82) is 0 Å². The molecule has 1 heterocycles. The van der Waals surface area contributed by atoms with E-state index in [0.717, 1.165) is 6.07 Å². The maximum Gasteiger partial charge on any atom is 0.268 e. The minimum atomic E-state index is -3.64. The highest BCUT2D eigenvalue weighted by molar-refractivity contribution is 7.89. The Hall–Kier alpha value is -2.53. The van der Waals surface area contributed by atoms with E-state index >= 15 is 0 Å². The van der Waals surface area contributed by atoms with Crippen LogP contribution in [0.2, 0.25) is 5.02 Å². The predicted octanol–water partition coefficient (Wildman–Crippen LogP) is 1.56. The van der Waals surface area contributed by atoms with Gasteiger partial charge in [0.1, 0.15) is 5.82 Å². The van der Waals surface area contributed by atoms with Crippen LogP contribution in [0.1, 0.15) is 18.9 Å². The minimum absolute atomic E-state index is 0.0338. The third-order valence-corrected chi connectivity index (χ3v) is 6.62. The van der Waals surface area contributed by atoms with E-state index in [1.807, 2.05) is 0 Å². The molecule has 1 fully saturated rings. The molecule has 166 valence electrons. The lowest BCUT2D eigenvalue weighted by Gasteiger charge is -2.22. The highest BCUT2D eigenvalue weighted by Crippen LogP contribution is 2.29. The fraction of sp³-hybridized carbons (Fsp3) is 0.300. The summed E-state index contributed by atoms with van der Waals surface area (Å²) < 4.78 is 39.9. The largest absolute Gasteiger partial charge is 0.372 e. The second-order valence-corrected chi connectivity index (χ2v) is 9.23. The molecule has 2 amide bonds. The maximum atomic E-state index is 13.4. The minimum Gasteiger partial charge on any atom is -0.372 e. The standard InChI is InChI=1S/C20H21ClFN3O5S/c1-2-24-31(29,30)17-5-3-16(4-6-17)25-8-7-20(28,19(25)27)18(26)23-12-13-9-14(21)11-15(22)10-13/h3-6,9-11,24,28H,2,7-8,12H2,1H3,(H,23,26)/t20-/m0/s1. The van der Waals surface area contributed by atoms with Crippen molar-refractivity contribution in [3.8, 4) is 0 Å². The third-order valence-electron chi connectivity index (χ3n) is 4.84. The van der Waals surface area contributed by atoms with Gasteiger partial charge in [-0.05, 0) is 48.0 Å². The molecule has 8 nitrogen and oxygen atoms in total. The number of aliphatic hydroxyl groups is 1. The van der Waals surface area contributed by atoms with Crippen LogP contribution in [0.25, 0.3) is 0 Å². The van der Waals surface area contributed by atoms with E-state index in [0.29, 0.717) is 11.3 Å². The molecule has 2 aromatic rings. The van der Waals surface area contributed by atoms with Crippen molar-refractivity contribution in [2.45, 2.75) is 30.4 Å². The predicted molar refractivity (Wildman–Crippen MR) is 112 cm³/mol. The quantitative estimate of drug-likeness (QED) is 0.532. The fourth-order valence-corrected chi connectivity index (χ4v) is 4.57. The Balaban J connectivity index is 1.71. The summed E-state index contributed by atoms with van der Waals surface area (Å²) in [5.74, 6) is -2.31. The smallest absolute Gasteiger partial charge is 0.268 e.